The predicted molar refractivity (Wildman–Crippen MR) is 39.0 cm³/mol. The van der Waals surface area contributed by atoms with Gasteiger partial charge in [0.15, 0.2) is 0 Å². The van der Waals surface area contributed by atoms with Gasteiger partial charge in [0.1, 0.15) is 0 Å². The molecule has 0 aromatic rings. The number of nitrogens with zero attached hydrogens (tertiary/aromatic N) is 2. The lowest BCUT2D eigenvalue weighted by molar-refractivity contribution is 0.332. The molecule has 56 valence electrons. The average molecular weight is 146 g/mol. The summed E-state index contributed by atoms with van der Waals surface area (Å²) in [6, 6.07) is 4.55. The van der Waals surface area contributed by atoms with E-state index in [1.54, 1.807) is 0 Å². The summed E-state index contributed by atoms with van der Waals surface area (Å²) in [7, 11) is 0. The van der Waals surface area contributed by atoms with E-state index in [0.29, 0.717) is 11.8 Å². The highest BCUT2D eigenvalue weighted by molar-refractivity contribution is 5.11. The first-order chi connectivity index (χ1) is 5.36. The Balaban J connectivity index is 2.24. The zero-order valence-corrected chi connectivity index (χ0v) is 6.33. The molecule has 2 fully saturated rings. The lowest BCUT2D eigenvalue weighted by Gasteiger charge is -2.19. The zero-order valence-electron chi connectivity index (χ0n) is 6.33. The van der Waals surface area contributed by atoms with Gasteiger partial charge in [-0.1, -0.05) is 0 Å². The third kappa shape index (κ3) is 0.761. The van der Waals surface area contributed by atoms with E-state index in [2.05, 4.69) is 12.1 Å². The smallest absolute Gasteiger partial charge is 0.0672 e. The second-order valence-corrected chi connectivity index (χ2v) is 3.64. The first-order valence-corrected chi connectivity index (χ1v) is 4.16. The van der Waals surface area contributed by atoms with E-state index in [1.807, 2.05) is 0 Å². The molecule has 0 aromatic heterocycles. The lowest BCUT2D eigenvalue weighted by Crippen LogP contribution is -2.19. The summed E-state index contributed by atoms with van der Waals surface area (Å²) < 4.78 is 0. The molecule has 0 aromatic carbocycles. The second-order valence-electron chi connectivity index (χ2n) is 3.64. The molecule has 0 N–H and O–H groups in total. The molecule has 0 spiro atoms. The standard InChI is InChI=1S/C9H10N2/c10-4-8-6-1-2-7(3-6)9(8)5-11/h6-9H,1-3H2/t6-,7+,8-,9+. The third-order valence-corrected chi connectivity index (χ3v) is 3.21. The highest BCUT2D eigenvalue weighted by Gasteiger charge is 2.47. The summed E-state index contributed by atoms with van der Waals surface area (Å²) in [6.07, 6.45) is 3.50. The number of fused-ring (bicyclic) bond motifs is 2. The molecular formula is C9H10N2. The Morgan fingerprint density at radius 2 is 1.36 bits per heavy atom. The van der Waals surface area contributed by atoms with Gasteiger partial charge in [-0.05, 0) is 31.1 Å². The highest BCUT2D eigenvalue weighted by Crippen LogP contribution is 2.51. The van der Waals surface area contributed by atoms with Crippen molar-refractivity contribution >= 4 is 0 Å². The van der Waals surface area contributed by atoms with Gasteiger partial charge >= 0.3 is 0 Å². The van der Waals surface area contributed by atoms with Gasteiger partial charge in [-0.3, -0.25) is 0 Å². The molecule has 2 heteroatoms. The van der Waals surface area contributed by atoms with Gasteiger partial charge in [-0.15, -0.1) is 0 Å². The fourth-order valence-electron chi connectivity index (χ4n) is 2.66. The average Bonchev–Trinajstić information content (AvgIpc) is 2.60. The van der Waals surface area contributed by atoms with Crippen LogP contribution in [-0.4, -0.2) is 0 Å². The van der Waals surface area contributed by atoms with Crippen LogP contribution in [0.3, 0.4) is 0 Å². The molecule has 0 amide bonds. The fraction of sp³-hybridized carbons (Fsp3) is 0.778. The number of nitriles is 2. The Hall–Kier alpha value is -1.02. The largest absolute Gasteiger partial charge is 0.198 e. The van der Waals surface area contributed by atoms with Crippen LogP contribution in [0.25, 0.3) is 0 Å². The summed E-state index contributed by atoms with van der Waals surface area (Å²) in [6.45, 7) is 0. The van der Waals surface area contributed by atoms with E-state index < -0.39 is 0 Å². The van der Waals surface area contributed by atoms with Crippen molar-refractivity contribution < 1.29 is 0 Å². The van der Waals surface area contributed by atoms with E-state index >= 15 is 0 Å². The summed E-state index contributed by atoms with van der Waals surface area (Å²) in [5.41, 5.74) is 0. The number of hydrogen-bond donors (Lipinski definition) is 0. The molecule has 2 aliphatic carbocycles. The molecule has 2 rings (SSSR count). The van der Waals surface area contributed by atoms with Gasteiger partial charge in [0.05, 0.1) is 24.0 Å². The molecule has 0 unspecified atom stereocenters. The van der Waals surface area contributed by atoms with Crippen molar-refractivity contribution in [2.45, 2.75) is 19.3 Å². The monoisotopic (exact) mass is 146 g/mol. The van der Waals surface area contributed by atoms with Crippen LogP contribution in [0.15, 0.2) is 0 Å². The highest BCUT2D eigenvalue weighted by atomic mass is 14.5. The minimum Gasteiger partial charge on any atom is -0.198 e. The van der Waals surface area contributed by atoms with Crippen LogP contribution in [0.5, 0.6) is 0 Å². The number of rotatable bonds is 0. The maximum atomic E-state index is 8.79. The Morgan fingerprint density at radius 3 is 1.73 bits per heavy atom. The Morgan fingerprint density at radius 1 is 0.909 bits per heavy atom. The van der Waals surface area contributed by atoms with Crippen LogP contribution in [0.4, 0.5) is 0 Å². The SMILES string of the molecule is N#C[C@@H]1[C@@H]2CC[C@@H](C2)[C@@H]1C#N. The molecule has 2 aliphatic rings. The summed E-state index contributed by atoms with van der Waals surface area (Å²) in [5.74, 6) is 1.21. The molecule has 0 aliphatic heterocycles. The van der Waals surface area contributed by atoms with Crippen molar-refractivity contribution in [1.82, 2.24) is 0 Å². The van der Waals surface area contributed by atoms with Crippen LogP contribution in [0.1, 0.15) is 19.3 Å². The molecule has 2 bridgehead atoms. The molecule has 2 saturated carbocycles. The fourth-order valence-corrected chi connectivity index (χ4v) is 2.66. The van der Waals surface area contributed by atoms with Crippen molar-refractivity contribution in [3.05, 3.63) is 0 Å². The maximum absolute atomic E-state index is 8.79. The van der Waals surface area contributed by atoms with E-state index in [9.17, 15) is 0 Å². The summed E-state index contributed by atoms with van der Waals surface area (Å²) >= 11 is 0. The second kappa shape index (κ2) is 2.24. The van der Waals surface area contributed by atoms with Crippen LogP contribution in [0.2, 0.25) is 0 Å². The number of hydrogen-bond acceptors (Lipinski definition) is 2. The minimum atomic E-state index is 0.0544. The van der Waals surface area contributed by atoms with E-state index in [-0.39, 0.29) is 11.8 Å². The molecule has 4 atom stereocenters. The van der Waals surface area contributed by atoms with Gasteiger partial charge in [0.2, 0.25) is 0 Å². The molecule has 0 radical (unpaired) electrons. The molecular weight excluding hydrogens is 136 g/mol. The van der Waals surface area contributed by atoms with E-state index in [4.69, 9.17) is 10.5 Å². The normalized spacial score (nSPS) is 46.7. The van der Waals surface area contributed by atoms with Gasteiger partial charge < -0.3 is 0 Å². The Kier molecular flexibility index (Phi) is 1.36. The van der Waals surface area contributed by atoms with Crippen LogP contribution >= 0.6 is 0 Å². The summed E-state index contributed by atoms with van der Waals surface area (Å²) in [4.78, 5) is 0. The van der Waals surface area contributed by atoms with Crippen molar-refractivity contribution in [3.63, 3.8) is 0 Å². The van der Waals surface area contributed by atoms with Crippen molar-refractivity contribution in [1.29, 1.82) is 10.5 Å². The molecule has 11 heavy (non-hydrogen) atoms. The van der Waals surface area contributed by atoms with Gasteiger partial charge in [0.25, 0.3) is 0 Å². The predicted octanol–water partition coefficient (Wildman–Crippen LogP) is 1.70. The first kappa shape index (κ1) is 6.68. The van der Waals surface area contributed by atoms with Crippen molar-refractivity contribution in [2.24, 2.45) is 23.7 Å². The van der Waals surface area contributed by atoms with E-state index in [0.717, 1.165) is 6.42 Å². The molecule has 2 nitrogen and oxygen atoms in total. The van der Waals surface area contributed by atoms with Crippen LogP contribution in [0, 0.1) is 46.3 Å². The van der Waals surface area contributed by atoms with Gasteiger partial charge in [0, 0.05) is 0 Å². The molecule has 0 heterocycles. The third-order valence-electron chi connectivity index (χ3n) is 3.21. The van der Waals surface area contributed by atoms with Gasteiger partial charge in [-0.25, -0.2) is 0 Å². The topological polar surface area (TPSA) is 47.6 Å². The Bertz CT molecular complexity index is 219. The zero-order chi connectivity index (χ0) is 7.84. The lowest BCUT2D eigenvalue weighted by atomic mass is 9.81. The minimum absolute atomic E-state index is 0.0544. The van der Waals surface area contributed by atoms with Crippen LogP contribution < -0.4 is 0 Å². The van der Waals surface area contributed by atoms with E-state index in [1.165, 1.54) is 12.8 Å². The first-order valence-electron chi connectivity index (χ1n) is 4.16. The van der Waals surface area contributed by atoms with Crippen molar-refractivity contribution in [3.8, 4) is 12.1 Å². The van der Waals surface area contributed by atoms with Crippen LogP contribution in [-0.2, 0) is 0 Å². The van der Waals surface area contributed by atoms with Crippen molar-refractivity contribution in [2.75, 3.05) is 0 Å². The van der Waals surface area contributed by atoms with Gasteiger partial charge in [-0.2, -0.15) is 10.5 Å². The maximum Gasteiger partial charge on any atom is 0.0672 e. The molecule has 0 saturated heterocycles. The Labute approximate surface area is 66.4 Å². The summed E-state index contributed by atoms with van der Waals surface area (Å²) in [5, 5.41) is 17.6. The quantitative estimate of drug-likeness (QED) is 0.522.